The van der Waals surface area contributed by atoms with Gasteiger partial charge in [0.2, 0.25) is 0 Å². The second kappa shape index (κ2) is 9.30. The van der Waals surface area contributed by atoms with Crippen molar-refractivity contribution in [3.63, 3.8) is 0 Å². The molecule has 0 aromatic heterocycles. The van der Waals surface area contributed by atoms with Gasteiger partial charge in [-0.1, -0.05) is 12.1 Å². The van der Waals surface area contributed by atoms with Crippen molar-refractivity contribution < 1.29 is 8.95 Å². The smallest absolute Gasteiger partial charge is 0.119 e. The van der Waals surface area contributed by atoms with Gasteiger partial charge in [-0.3, -0.25) is 0 Å². The van der Waals surface area contributed by atoms with Crippen LogP contribution in [-0.2, 0) is 17.4 Å². The lowest BCUT2D eigenvalue weighted by atomic mass is 10.1. The van der Waals surface area contributed by atoms with E-state index in [2.05, 4.69) is 28.8 Å². The molecule has 0 aliphatic heterocycles. The molecule has 0 aliphatic carbocycles. The van der Waals surface area contributed by atoms with Gasteiger partial charge in [-0.15, -0.1) is 0 Å². The minimum absolute atomic E-state index is 0.630. The SMILES string of the molecule is CN(CCOc1ccc(NS(C)=O)cc1)CCc1ccc(N)cc1. The van der Waals surface area contributed by atoms with Gasteiger partial charge in [0.1, 0.15) is 23.3 Å². The number of nitrogen functional groups attached to an aromatic ring is 1. The molecule has 2 aromatic rings. The van der Waals surface area contributed by atoms with Gasteiger partial charge in [0.05, 0.1) is 0 Å². The van der Waals surface area contributed by atoms with Gasteiger partial charge in [0.15, 0.2) is 0 Å². The number of hydrogen-bond donors (Lipinski definition) is 2. The Morgan fingerprint density at radius 3 is 2.38 bits per heavy atom. The van der Waals surface area contributed by atoms with E-state index in [-0.39, 0.29) is 0 Å². The van der Waals surface area contributed by atoms with E-state index < -0.39 is 11.0 Å². The van der Waals surface area contributed by atoms with E-state index in [1.165, 1.54) is 5.56 Å². The number of nitrogens with zero attached hydrogens (tertiary/aromatic N) is 1. The number of nitrogens with two attached hydrogens (primary N) is 1. The van der Waals surface area contributed by atoms with Crippen molar-refractivity contribution >= 4 is 22.4 Å². The number of likely N-dealkylation sites (N-methyl/N-ethyl adjacent to an activating group) is 1. The number of hydrogen-bond acceptors (Lipinski definition) is 4. The molecule has 2 rings (SSSR count). The number of anilines is 2. The van der Waals surface area contributed by atoms with Crippen LogP contribution in [0.4, 0.5) is 11.4 Å². The Labute approximate surface area is 146 Å². The van der Waals surface area contributed by atoms with Crippen LogP contribution in [0.15, 0.2) is 48.5 Å². The third-order valence-electron chi connectivity index (χ3n) is 3.62. The second-order valence-corrected chi connectivity index (χ2v) is 6.84. The van der Waals surface area contributed by atoms with Crippen LogP contribution >= 0.6 is 0 Å². The first-order valence-electron chi connectivity index (χ1n) is 7.89. The van der Waals surface area contributed by atoms with Crippen molar-refractivity contribution in [2.75, 3.05) is 43.5 Å². The van der Waals surface area contributed by atoms with Crippen LogP contribution in [0.2, 0.25) is 0 Å². The molecule has 6 heteroatoms. The Bertz CT molecular complexity index is 644. The zero-order valence-corrected chi connectivity index (χ0v) is 15.0. The maximum absolute atomic E-state index is 11.1. The molecule has 3 N–H and O–H groups in total. The molecular weight excluding hydrogens is 322 g/mol. The van der Waals surface area contributed by atoms with Gasteiger partial charge >= 0.3 is 0 Å². The van der Waals surface area contributed by atoms with Crippen LogP contribution in [0.3, 0.4) is 0 Å². The molecule has 130 valence electrons. The topological polar surface area (TPSA) is 67.6 Å². The molecule has 0 saturated carbocycles. The summed E-state index contributed by atoms with van der Waals surface area (Å²) >= 11 is 0. The van der Waals surface area contributed by atoms with Gasteiger partial charge in [-0.2, -0.15) is 0 Å². The summed E-state index contributed by atoms with van der Waals surface area (Å²) in [5, 5.41) is 0. The Kier molecular flexibility index (Phi) is 7.08. The van der Waals surface area contributed by atoms with Crippen LogP contribution in [-0.4, -0.2) is 42.1 Å². The van der Waals surface area contributed by atoms with Crippen LogP contribution < -0.4 is 15.2 Å². The van der Waals surface area contributed by atoms with Gasteiger partial charge in [-0.25, -0.2) is 4.21 Å². The lowest BCUT2D eigenvalue weighted by Crippen LogP contribution is -2.26. The molecule has 0 radical (unpaired) electrons. The third kappa shape index (κ3) is 6.60. The second-order valence-electron chi connectivity index (χ2n) is 5.72. The first-order chi connectivity index (χ1) is 11.5. The van der Waals surface area contributed by atoms with Gasteiger partial charge < -0.3 is 20.1 Å². The zero-order valence-electron chi connectivity index (χ0n) is 14.2. The van der Waals surface area contributed by atoms with Crippen LogP contribution in [0.5, 0.6) is 5.75 Å². The molecule has 1 unspecified atom stereocenters. The fraction of sp³-hybridized carbons (Fsp3) is 0.333. The summed E-state index contributed by atoms with van der Waals surface area (Å²) in [6, 6.07) is 15.5. The summed E-state index contributed by atoms with van der Waals surface area (Å²) in [6.07, 6.45) is 2.59. The number of nitrogens with one attached hydrogen (secondary N) is 1. The maximum atomic E-state index is 11.1. The van der Waals surface area contributed by atoms with Crippen LogP contribution in [0.1, 0.15) is 5.56 Å². The minimum Gasteiger partial charge on any atom is -0.492 e. The monoisotopic (exact) mass is 347 g/mol. The van der Waals surface area contributed by atoms with E-state index in [1.54, 1.807) is 6.26 Å². The highest BCUT2D eigenvalue weighted by molar-refractivity contribution is 7.85. The third-order valence-corrected chi connectivity index (χ3v) is 4.14. The standard InChI is InChI=1S/C18H25N3O2S/c1-21(12-11-15-3-5-16(19)6-4-15)13-14-23-18-9-7-17(8-10-18)20-24(2)22/h3-10,20H,11-14,19H2,1-2H3. The molecule has 24 heavy (non-hydrogen) atoms. The summed E-state index contributed by atoms with van der Waals surface area (Å²) < 4.78 is 19.7. The molecule has 2 aromatic carbocycles. The first-order valence-corrected chi connectivity index (χ1v) is 9.44. The fourth-order valence-corrected chi connectivity index (χ4v) is 2.69. The summed E-state index contributed by atoms with van der Waals surface area (Å²) in [6.45, 7) is 2.46. The maximum Gasteiger partial charge on any atom is 0.119 e. The van der Waals surface area contributed by atoms with E-state index in [0.29, 0.717) is 6.61 Å². The molecule has 0 saturated heterocycles. The lowest BCUT2D eigenvalue weighted by molar-refractivity contribution is 0.239. The molecule has 0 spiro atoms. The highest BCUT2D eigenvalue weighted by atomic mass is 32.2. The fourth-order valence-electron chi connectivity index (χ4n) is 2.22. The highest BCUT2D eigenvalue weighted by Gasteiger charge is 2.01. The molecule has 1 atom stereocenters. The van der Waals surface area contributed by atoms with Gasteiger partial charge in [0.25, 0.3) is 0 Å². The van der Waals surface area contributed by atoms with Crippen LogP contribution in [0.25, 0.3) is 0 Å². The quantitative estimate of drug-likeness (QED) is 0.684. The molecule has 5 nitrogen and oxygen atoms in total. The molecule has 0 amide bonds. The van der Waals surface area contributed by atoms with Crippen molar-refractivity contribution in [2.24, 2.45) is 0 Å². The van der Waals surface area contributed by atoms with Crippen LogP contribution in [0, 0.1) is 0 Å². The minimum atomic E-state index is -1.06. The van der Waals surface area contributed by atoms with E-state index in [9.17, 15) is 4.21 Å². The largest absolute Gasteiger partial charge is 0.492 e. The Morgan fingerprint density at radius 1 is 1.08 bits per heavy atom. The summed E-state index contributed by atoms with van der Waals surface area (Å²) in [4.78, 5) is 2.24. The van der Waals surface area contributed by atoms with Crippen molar-refractivity contribution in [1.82, 2.24) is 4.90 Å². The highest BCUT2D eigenvalue weighted by Crippen LogP contribution is 2.15. The Balaban J connectivity index is 1.67. The van der Waals surface area contributed by atoms with Crippen molar-refractivity contribution in [3.8, 4) is 5.75 Å². The predicted octanol–water partition coefficient (Wildman–Crippen LogP) is 2.53. The molecule has 0 heterocycles. The van der Waals surface area contributed by atoms with E-state index in [0.717, 1.165) is 36.6 Å². The average Bonchev–Trinajstić information content (AvgIpc) is 2.55. The summed E-state index contributed by atoms with van der Waals surface area (Å²) in [5.74, 6) is 0.814. The molecule has 0 fully saturated rings. The normalized spacial score (nSPS) is 12.1. The Hall–Kier alpha value is -2.05. The van der Waals surface area contributed by atoms with E-state index >= 15 is 0 Å². The average molecular weight is 347 g/mol. The molecule has 0 aliphatic rings. The number of rotatable bonds is 9. The van der Waals surface area contributed by atoms with Crippen molar-refractivity contribution in [3.05, 3.63) is 54.1 Å². The van der Waals surface area contributed by atoms with E-state index in [4.69, 9.17) is 10.5 Å². The molecule has 0 bridgehead atoms. The number of benzene rings is 2. The van der Waals surface area contributed by atoms with Crippen molar-refractivity contribution in [2.45, 2.75) is 6.42 Å². The van der Waals surface area contributed by atoms with E-state index in [1.807, 2.05) is 36.4 Å². The number of ether oxygens (including phenoxy) is 1. The summed E-state index contributed by atoms with van der Waals surface area (Å²) in [7, 11) is 1.03. The van der Waals surface area contributed by atoms with Gasteiger partial charge in [-0.05, 0) is 55.4 Å². The Morgan fingerprint density at radius 2 is 1.75 bits per heavy atom. The predicted molar refractivity (Wildman–Crippen MR) is 102 cm³/mol. The van der Waals surface area contributed by atoms with Crippen molar-refractivity contribution in [1.29, 1.82) is 0 Å². The molecular formula is C18H25N3O2S. The van der Waals surface area contributed by atoms with Gasteiger partial charge in [0, 0.05) is 30.7 Å². The summed E-state index contributed by atoms with van der Waals surface area (Å²) in [5.41, 5.74) is 8.60. The first kappa shape index (κ1) is 18.3. The lowest BCUT2D eigenvalue weighted by Gasteiger charge is -2.17. The zero-order chi connectivity index (χ0) is 17.4.